The van der Waals surface area contributed by atoms with E-state index in [0.29, 0.717) is 11.3 Å². The number of carbonyl (C=O) groups excluding carboxylic acids is 1. The third-order valence-corrected chi connectivity index (χ3v) is 2.12. The van der Waals surface area contributed by atoms with Crippen molar-refractivity contribution in [2.24, 2.45) is 0 Å². The molecule has 2 N–H and O–H groups in total. The fourth-order valence-electron chi connectivity index (χ4n) is 1.34. The summed E-state index contributed by atoms with van der Waals surface area (Å²) in [5, 5.41) is 19.8. The number of aryl methyl sites for hydroxylation is 1. The Morgan fingerprint density at radius 2 is 2.17 bits per heavy atom. The molecule has 94 valence electrons. The first-order valence-electron chi connectivity index (χ1n) is 5.13. The van der Waals surface area contributed by atoms with Gasteiger partial charge >= 0.3 is 5.97 Å². The summed E-state index contributed by atoms with van der Waals surface area (Å²) in [6, 6.07) is 7.06. The number of amides is 1. The number of aliphatic carboxylic acids is 1. The highest BCUT2D eigenvalue weighted by Crippen LogP contribution is 2.17. The van der Waals surface area contributed by atoms with Crippen LogP contribution in [0.4, 0.5) is 5.69 Å². The predicted molar refractivity (Wildman–Crippen MR) is 63.0 cm³/mol. The van der Waals surface area contributed by atoms with Crippen molar-refractivity contribution in [3.8, 4) is 6.07 Å². The number of carboxylic acids is 1. The quantitative estimate of drug-likeness (QED) is 0.806. The molecule has 6 nitrogen and oxygen atoms in total. The molecule has 0 saturated heterocycles. The van der Waals surface area contributed by atoms with Crippen molar-refractivity contribution in [2.75, 3.05) is 18.5 Å². The second-order valence-electron chi connectivity index (χ2n) is 3.54. The van der Waals surface area contributed by atoms with Gasteiger partial charge in [-0.2, -0.15) is 5.26 Å². The van der Waals surface area contributed by atoms with Crippen molar-refractivity contribution in [3.05, 3.63) is 29.3 Å². The van der Waals surface area contributed by atoms with Crippen LogP contribution in [-0.2, 0) is 14.3 Å². The standard InChI is InChI=1S/C12H12N2O4/c1-8-3-2-4-10(9(8)5-13)14-11(15)6-18-7-12(16)17/h2-4H,6-7H2,1H3,(H,14,15)(H,16,17). The summed E-state index contributed by atoms with van der Waals surface area (Å²) in [5.74, 6) is -1.64. The molecule has 0 aliphatic carbocycles. The van der Waals surface area contributed by atoms with Crippen LogP contribution in [0.25, 0.3) is 0 Å². The fourth-order valence-corrected chi connectivity index (χ4v) is 1.34. The molecule has 0 aliphatic rings. The summed E-state index contributed by atoms with van der Waals surface area (Å²) in [7, 11) is 0. The Labute approximate surface area is 104 Å². The van der Waals surface area contributed by atoms with Crippen LogP contribution in [0.15, 0.2) is 18.2 Å². The van der Waals surface area contributed by atoms with Gasteiger partial charge in [-0.3, -0.25) is 4.79 Å². The van der Waals surface area contributed by atoms with E-state index in [9.17, 15) is 9.59 Å². The molecular formula is C12H12N2O4. The van der Waals surface area contributed by atoms with E-state index in [0.717, 1.165) is 5.56 Å². The average Bonchev–Trinajstić information content (AvgIpc) is 2.28. The minimum atomic E-state index is -1.14. The number of nitrogens with one attached hydrogen (secondary N) is 1. The first-order chi connectivity index (χ1) is 8.54. The Kier molecular flexibility index (Phi) is 4.84. The first kappa shape index (κ1) is 13.7. The molecule has 0 bridgehead atoms. The highest BCUT2D eigenvalue weighted by molar-refractivity contribution is 5.93. The molecule has 1 amide bonds. The summed E-state index contributed by atoms with van der Waals surface area (Å²) in [6.07, 6.45) is 0. The zero-order valence-electron chi connectivity index (χ0n) is 9.77. The monoisotopic (exact) mass is 248 g/mol. The van der Waals surface area contributed by atoms with Crippen LogP contribution in [0.5, 0.6) is 0 Å². The van der Waals surface area contributed by atoms with E-state index in [2.05, 4.69) is 10.1 Å². The van der Waals surface area contributed by atoms with Gasteiger partial charge in [0.15, 0.2) is 0 Å². The number of hydrogen-bond donors (Lipinski definition) is 2. The van der Waals surface area contributed by atoms with Crippen molar-refractivity contribution in [1.82, 2.24) is 0 Å². The molecule has 0 radical (unpaired) electrons. The van der Waals surface area contributed by atoms with Gasteiger partial charge in [0.2, 0.25) is 5.91 Å². The maximum atomic E-state index is 11.4. The van der Waals surface area contributed by atoms with Crippen LogP contribution in [0.3, 0.4) is 0 Å². The molecule has 0 spiro atoms. The minimum absolute atomic E-state index is 0.370. The van der Waals surface area contributed by atoms with Crippen molar-refractivity contribution in [2.45, 2.75) is 6.92 Å². The number of benzene rings is 1. The molecule has 0 aromatic heterocycles. The van der Waals surface area contributed by atoms with E-state index in [1.54, 1.807) is 25.1 Å². The highest BCUT2D eigenvalue weighted by Gasteiger charge is 2.09. The van der Waals surface area contributed by atoms with Gasteiger partial charge in [0.05, 0.1) is 11.3 Å². The highest BCUT2D eigenvalue weighted by atomic mass is 16.5. The summed E-state index contributed by atoms with van der Waals surface area (Å²) in [4.78, 5) is 21.6. The molecule has 1 aromatic carbocycles. The number of ether oxygens (including phenoxy) is 1. The number of rotatable bonds is 5. The van der Waals surface area contributed by atoms with E-state index in [1.165, 1.54) is 0 Å². The van der Waals surface area contributed by atoms with E-state index in [1.807, 2.05) is 6.07 Å². The lowest BCUT2D eigenvalue weighted by molar-refractivity contribution is -0.143. The predicted octanol–water partition coefficient (Wildman–Crippen LogP) is 0.906. The molecule has 0 fully saturated rings. The zero-order chi connectivity index (χ0) is 13.5. The van der Waals surface area contributed by atoms with Gasteiger partial charge in [-0.1, -0.05) is 12.1 Å². The van der Waals surface area contributed by atoms with Gasteiger partial charge in [-0.05, 0) is 18.6 Å². The molecule has 6 heteroatoms. The number of nitrogens with zero attached hydrogens (tertiary/aromatic N) is 1. The normalized spacial score (nSPS) is 9.56. The van der Waals surface area contributed by atoms with Gasteiger partial charge in [-0.15, -0.1) is 0 Å². The summed E-state index contributed by atoms with van der Waals surface area (Å²) in [6.45, 7) is 0.854. The van der Waals surface area contributed by atoms with Gasteiger partial charge in [-0.25, -0.2) is 4.79 Å². The maximum Gasteiger partial charge on any atom is 0.329 e. The molecule has 0 saturated carbocycles. The number of carboxylic acid groups (broad SMARTS) is 1. The van der Waals surface area contributed by atoms with Crippen molar-refractivity contribution >= 4 is 17.6 Å². The summed E-state index contributed by atoms with van der Waals surface area (Å²) in [5.41, 5.74) is 1.52. The largest absolute Gasteiger partial charge is 0.480 e. The zero-order valence-corrected chi connectivity index (χ0v) is 9.77. The molecule has 1 aromatic rings. The number of nitriles is 1. The van der Waals surface area contributed by atoms with Crippen LogP contribution >= 0.6 is 0 Å². The Morgan fingerprint density at radius 3 is 2.78 bits per heavy atom. The molecule has 0 heterocycles. The van der Waals surface area contributed by atoms with Gasteiger partial charge < -0.3 is 15.2 Å². The topological polar surface area (TPSA) is 99.4 Å². The van der Waals surface area contributed by atoms with Crippen LogP contribution in [0.1, 0.15) is 11.1 Å². The summed E-state index contributed by atoms with van der Waals surface area (Å²) >= 11 is 0. The molecule has 18 heavy (non-hydrogen) atoms. The molecule has 0 unspecified atom stereocenters. The fraction of sp³-hybridized carbons (Fsp3) is 0.250. The number of hydrogen-bond acceptors (Lipinski definition) is 4. The third-order valence-electron chi connectivity index (χ3n) is 2.12. The Balaban J connectivity index is 2.63. The van der Waals surface area contributed by atoms with E-state index in [-0.39, 0.29) is 6.61 Å². The van der Waals surface area contributed by atoms with E-state index >= 15 is 0 Å². The molecular weight excluding hydrogens is 236 g/mol. The number of carbonyl (C=O) groups is 2. The van der Waals surface area contributed by atoms with Gasteiger partial charge in [0.1, 0.15) is 19.3 Å². The number of anilines is 1. The lowest BCUT2D eigenvalue weighted by Gasteiger charge is -2.08. The first-order valence-corrected chi connectivity index (χ1v) is 5.13. The SMILES string of the molecule is Cc1cccc(NC(=O)COCC(=O)O)c1C#N. The van der Waals surface area contributed by atoms with Crippen LogP contribution in [-0.4, -0.2) is 30.2 Å². The Morgan fingerprint density at radius 1 is 1.44 bits per heavy atom. The second-order valence-corrected chi connectivity index (χ2v) is 3.54. The van der Waals surface area contributed by atoms with Crippen molar-refractivity contribution in [3.63, 3.8) is 0 Å². The maximum absolute atomic E-state index is 11.4. The van der Waals surface area contributed by atoms with Crippen LogP contribution in [0.2, 0.25) is 0 Å². The van der Waals surface area contributed by atoms with Gasteiger partial charge in [0.25, 0.3) is 0 Å². The lowest BCUT2D eigenvalue weighted by Crippen LogP contribution is -2.21. The van der Waals surface area contributed by atoms with Crippen molar-refractivity contribution in [1.29, 1.82) is 5.26 Å². The molecule has 0 atom stereocenters. The minimum Gasteiger partial charge on any atom is -0.480 e. The molecule has 1 rings (SSSR count). The second kappa shape index (κ2) is 6.37. The summed E-state index contributed by atoms with van der Waals surface area (Å²) < 4.78 is 4.64. The van der Waals surface area contributed by atoms with Gasteiger partial charge in [0, 0.05) is 0 Å². The smallest absolute Gasteiger partial charge is 0.329 e. The lowest BCUT2D eigenvalue weighted by atomic mass is 10.1. The van der Waals surface area contributed by atoms with E-state index in [4.69, 9.17) is 10.4 Å². The van der Waals surface area contributed by atoms with E-state index < -0.39 is 18.5 Å². The molecule has 0 aliphatic heterocycles. The third kappa shape index (κ3) is 3.88. The van der Waals surface area contributed by atoms with Crippen molar-refractivity contribution < 1.29 is 19.4 Å². The Bertz CT molecular complexity index is 505. The Hall–Kier alpha value is -2.39. The average molecular weight is 248 g/mol. The van der Waals surface area contributed by atoms with Crippen LogP contribution in [0, 0.1) is 18.3 Å². The van der Waals surface area contributed by atoms with Crippen LogP contribution < -0.4 is 5.32 Å².